The molecule has 2 saturated carbocycles. The summed E-state index contributed by atoms with van der Waals surface area (Å²) in [6, 6.07) is 2.55. The fraction of sp³-hybridized carbons (Fsp3) is 0.692. The van der Waals surface area contributed by atoms with Gasteiger partial charge in [0.15, 0.2) is 0 Å². The summed E-state index contributed by atoms with van der Waals surface area (Å²) in [6.45, 7) is 2.85. The number of rotatable bonds is 7. The predicted octanol–water partition coefficient (Wildman–Crippen LogP) is 2.84. The fourth-order valence-electron chi connectivity index (χ4n) is 2.31. The lowest BCUT2D eigenvalue weighted by Crippen LogP contribution is -2.27. The second kappa shape index (κ2) is 5.68. The van der Waals surface area contributed by atoms with Gasteiger partial charge in [0.05, 0.1) is 3.79 Å². The van der Waals surface area contributed by atoms with E-state index in [9.17, 15) is 8.42 Å². The maximum atomic E-state index is 12.4. The minimum atomic E-state index is -3.39. The molecule has 2 aliphatic carbocycles. The second-order valence-electron chi connectivity index (χ2n) is 5.64. The van der Waals surface area contributed by atoms with Gasteiger partial charge in [-0.15, -0.1) is 11.3 Å². The van der Waals surface area contributed by atoms with Crippen LogP contribution in [0, 0.1) is 5.92 Å². The number of thiophene rings is 1. The van der Waals surface area contributed by atoms with E-state index in [1.165, 1.54) is 24.2 Å². The Kier molecular flexibility index (Phi) is 4.25. The molecule has 3 rings (SSSR count). The summed E-state index contributed by atoms with van der Waals surface area (Å²) in [4.78, 5) is 1.45. The van der Waals surface area contributed by atoms with E-state index in [1.54, 1.807) is 6.07 Å². The van der Waals surface area contributed by atoms with Crippen molar-refractivity contribution in [1.82, 2.24) is 10.0 Å². The zero-order chi connectivity index (χ0) is 14.3. The van der Waals surface area contributed by atoms with Crippen molar-refractivity contribution in [2.24, 2.45) is 5.92 Å². The van der Waals surface area contributed by atoms with Crippen LogP contribution in [-0.4, -0.2) is 20.5 Å². The van der Waals surface area contributed by atoms with Crippen molar-refractivity contribution in [2.75, 3.05) is 0 Å². The highest BCUT2D eigenvalue weighted by molar-refractivity contribution is 9.11. The lowest BCUT2D eigenvalue weighted by molar-refractivity contribution is 0.575. The highest BCUT2D eigenvalue weighted by atomic mass is 79.9. The van der Waals surface area contributed by atoms with Crippen LogP contribution in [0.1, 0.15) is 37.5 Å². The van der Waals surface area contributed by atoms with E-state index in [0.29, 0.717) is 20.6 Å². The predicted molar refractivity (Wildman–Crippen MR) is 84.4 cm³/mol. The summed E-state index contributed by atoms with van der Waals surface area (Å²) in [5.74, 6) is 0.512. The molecule has 0 spiro atoms. The molecule has 2 aliphatic rings. The molecule has 2 unspecified atom stereocenters. The third-order valence-corrected chi connectivity index (χ3v) is 7.63. The topological polar surface area (TPSA) is 58.2 Å². The average molecular weight is 379 g/mol. The fourth-order valence-corrected chi connectivity index (χ4v) is 6.26. The molecule has 0 bridgehead atoms. The highest BCUT2D eigenvalue weighted by Gasteiger charge is 2.39. The van der Waals surface area contributed by atoms with Gasteiger partial charge < -0.3 is 5.32 Å². The monoisotopic (exact) mass is 378 g/mol. The molecule has 1 aromatic heterocycles. The summed E-state index contributed by atoms with van der Waals surface area (Å²) in [5.41, 5.74) is 0. The van der Waals surface area contributed by atoms with Crippen LogP contribution in [0.2, 0.25) is 0 Å². The summed E-state index contributed by atoms with van der Waals surface area (Å²) in [6.07, 6.45) is 4.47. The Morgan fingerprint density at radius 3 is 2.80 bits per heavy atom. The van der Waals surface area contributed by atoms with Crippen LogP contribution in [0.25, 0.3) is 0 Å². The van der Waals surface area contributed by atoms with Crippen molar-refractivity contribution in [3.8, 4) is 0 Å². The first kappa shape index (κ1) is 15.0. The molecular weight excluding hydrogens is 360 g/mol. The van der Waals surface area contributed by atoms with Crippen molar-refractivity contribution < 1.29 is 8.42 Å². The quantitative estimate of drug-likeness (QED) is 0.766. The molecule has 0 aromatic carbocycles. The first-order valence-corrected chi connectivity index (χ1v) is 10.1. The molecule has 0 saturated heterocycles. The van der Waals surface area contributed by atoms with Gasteiger partial charge >= 0.3 is 0 Å². The first-order chi connectivity index (χ1) is 9.49. The largest absolute Gasteiger partial charge is 0.309 e. The van der Waals surface area contributed by atoms with Crippen molar-refractivity contribution in [2.45, 2.75) is 56.1 Å². The standard InChI is InChI=1S/C13H19BrN2O2S2/c1-2-8-5-11(8)16-20(17,18)12-6-10(19-13(12)14)7-15-9-3-4-9/h6,8-9,11,15-16H,2-5,7H2,1H3. The SMILES string of the molecule is CCC1CC1NS(=O)(=O)c1cc(CNC2CC2)sc1Br. The van der Waals surface area contributed by atoms with E-state index >= 15 is 0 Å². The normalized spacial score (nSPS) is 25.9. The summed E-state index contributed by atoms with van der Waals surface area (Å²) >= 11 is 4.89. The van der Waals surface area contributed by atoms with Crippen LogP contribution in [0.4, 0.5) is 0 Å². The van der Waals surface area contributed by atoms with Gasteiger partial charge in [0.25, 0.3) is 0 Å². The van der Waals surface area contributed by atoms with Gasteiger partial charge in [-0.3, -0.25) is 0 Å². The van der Waals surface area contributed by atoms with E-state index in [4.69, 9.17) is 0 Å². The molecule has 2 fully saturated rings. The molecule has 1 aromatic rings. The first-order valence-electron chi connectivity index (χ1n) is 7.03. The van der Waals surface area contributed by atoms with Gasteiger partial charge in [0.1, 0.15) is 4.90 Å². The Labute approximate surface area is 132 Å². The Bertz CT molecular complexity index is 596. The maximum Gasteiger partial charge on any atom is 0.242 e. The number of hydrogen-bond donors (Lipinski definition) is 2. The molecule has 0 aliphatic heterocycles. The number of sulfonamides is 1. The lowest BCUT2D eigenvalue weighted by atomic mass is 10.3. The van der Waals surface area contributed by atoms with Crippen molar-refractivity contribution in [1.29, 1.82) is 0 Å². The third kappa shape index (κ3) is 3.44. The van der Waals surface area contributed by atoms with Crippen molar-refractivity contribution >= 4 is 37.3 Å². The second-order valence-corrected chi connectivity index (χ2v) is 9.77. The molecule has 7 heteroatoms. The molecule has 4 nitrogen and oxygen atoms in total. The number of halogens is 1. The van der Waals surface area contributed by atoms with Crippen LogP contribution in [-0.2, 0) is 16.6 Å². The molecule has 0 radical (unpaired) electrons. The van der Waals surface area contributed by atoms with Crippen LogP contribution >= 0.6 is 27.3 Å². The molecular formula is C13H19BrN2O2S2. The lowest BCUT2D eigenvalue weighted by Gasteiger charge is -2.04. The van der Waals surface area contributed by atoms with Crippen molar-refractivity contribution in [3.05, 3.63) is 14.7 Å². The Morgan fingerprint density at radius 1 is 1.45 bits per heavy atom. The van der Waals surface area contributed by atoms with Gasteiger partial charge in [-0.25, -0.2) is 13.1 Å². The van der Waals surface area contributed by atoms with E-state index < -0.39 is 10.0 Å². The van der Waals surface area contributed by atoms with Crippen LogP contribution in [0.3, 0.4) is 0 Å². The molecule has 2 N–H and O–H groups in total. The smallest absolute Gasteiger partial charge is 0.242 e. The van der Waals surface area contributed by atoms with Crippen LogP contribution in [0.5, 0.6) is 0 Å². The van der Waals surface area contributed by atoms with Gasteiger partial charge in [0.2, 0.25) is 10.0 Å². The Morgan fingerprint density at radius 2 is 2.20 bits per heavy atom. The summed E-state index contributed by atoms with van der Waals surface area (Å²) in [7, 11) is -3.39. The molecule has 20 heavy (non-hydrogen) atoms. The zero-order valence-corrected chi connectivity index (χ0v) is 14.6. The minimum absolute atomic E-state index is 0.129. The van der Waals surface area contributed by atoms with Gasteiger partial charge in [-0.05, 0) is 47.2 Å². The summed E-state index contributed by atoms with van der Waals surface area (Å²) in [5, 5.41) is 3.41. The van der Waals surface area contributed by atoms with E-state index in [1.807, 2.05) is 0 Å². The Balaban J connectivity index is 1.68. The molecule has 0 amide bonds. The minimum Gasteiger partial charge on any atom is -0.309 e. The zero-order valence-electron chi connectivity index (χ0n) is 11.4. The third-order valence-electron chi connectivity index (χ3n) is 3.89. The highest BCUT2D eigenvalue weighted by Crippen LogP contribution is 2.37. The van der Waals surface area contributed by atoms with Crippen LogP contribution < -0.4 is 10.0 Å². The average Bonchev–Trinajstić information content (AvgIpc) is 3.28. The number of hydrogen-bond acceptors (Lipinski definition) is 4. The Hall–Kier alpha value is 0.0500. The van der Waals surface area contributed by atoms with E-state index in [-0.39, 0.29) is 6.04 Å². The molecule has 2 atom stereocenters. The molecule has 1 heterocycles. The van der Waals surface area contributed by atoms with Crippen LogP contribution in [0.15, 0.2) is 14.7 Å². The van der Waals surface area contributed by atoms with Gasteiger partial charge in [0, 0.05) is 23.5 Å². The van der Waals surface area contributed by atoms with Gasteiger partial charge in [-0.2, -0.15) is 0 Å². The summed E-state index contributed by atoms with van der Waals surface area (Å²) < 4.78 is 28.3. The van der Waals surface area contributed by atoms with E-state index in [0.717, 1.165) is 24.3 Å². The van der Waals surface area contributed by atoms with Crippen molar-refractivity contribution in [3.63, 3.8) is 0 Å². The molecule has 112 valence electrons. The maximum absolute atomic E-state index is 12.4. The van der Waals surface area contributed by atoms with Gasteiger partial charge in [-0.1, -0.05) is 13.3 Å². The van der Waals surface area contributed by atoms with E-state index in [2.05, 4.69) is 32.9 Å². The number of nitrogens with one attached hydrogen (secondary N) is 2.